The molecule has 1 fully saturated rings. The van der Waals surface area contributed by atoms with Gasteiger partial charge in [-0.3, -0.25) is 9.59 Å². The van der Waals surface area contributed by atoms with Crippen LogP contribution in [-0.2, 0) is 4.74 Å². The van der Waals surface area contributed by atoms with E-state index in [0.29, 0.717) is 24.7 Å². The van der Waals surface area contributed by atoms with Crippen LogP contribution in [-0.4, -0.2) is 45.5 Å². The first-order chi connectivity index (χ1) is 10.1. The maximum atomic E-state index is 12.4. The van der Waals surface area contributed by atoms with Crippen molar-refractivity contribution in [1.82, 2.24) is 19.9 Å². The summed E-state index contributed by atoms with van der Waals surface area (Å²) in [6.07, 6.45) is 2.57. The Hall–Kier alpha value is -2.48. The van der Waals surface area contributed by atoms with E-state index in [9.17, 15) is 9.59 Å². The summed E-state index contributed by atoms with van der Waals surface area (Å²) < 4.78 is 10.5. The summed E-state index contributed by atoms with van der Waals surface area (Å²) >= 11 is 0. The van der Waals surface area contributed by atoms with Gasteiger partial charge in [0.1, 0.15) is 5.82 Å². The van der Waals surface area contributed by atoms with Gasteiger partial charge in [0, 0.05) is 12.6 Å². The number of aryl methyl sites for hydroxylation is 1. The zero-order valence-electron chi connectivity index (χ0n) is 11.4. The molecular weight excluding hydrogens is 276 g/mol. The Balaban J connectivity index is 1.94. The van der Waals surface area contributed by atoms with E-state index in [-0.39, 0.29) is 23.8 Å². The summed E-state index contributed by atoms with van der Waals surface area (Å²) in [4.78, 5) is 36.2. The number of rotatable bonds is 2. The Kier molecular flexibility index (Phi) is 3.53. The number of amides is 1. The van der Waals surface area contributed by atoms with Crippen LogP contribution in [0, 0.1) is 6.92 Å². The van der Waals surface area contributed by atoms with E-state index >= 15 is 0 Å². The molecule has 2 aromatic rings. The quantitative estimate of drug-likeness (QED) is 0.852. The first kappa shape index (κ1) is 13.5. The molecule has 1 aliphatic rings. The second-order valence-corrected chi connectivity index (χ2v) is 4.71. The number of aromatic amines is 1. The molecule has 1 aliphatic heterocycles. The molecule has 2 aromatic heterocycles. The maximum Gasteiger partial charge on any atom is 0.292 e. The van der Waals surface area contributed by atoms with E-state index < -0.39 is 6.04 Å². The first-order valence-corrected chi connectivity index (χ1v) is 6.50. The summed E-state index contributed by atoms with van der Waals surface area (Å²) in [7, 11) is 0. The fourth-order valence-corrected chi connectivity index (χ4v) is 2.33. The lowest BCUT2D eigenvalue weighted by molar-refractivity contribution is -0.00555. The van der Waals surface area contributed by atoms with Crippen molar-refractivity contribution in [3.63, 3.8) is 0 Å². The van der Waals surface area contributed by atoms with E-state index in [1.165, 1.54) is 18.7 Å². The molecule has 1 N–H and O–H groups in total. The maximum absolute atomic E-state index is 12.4. The topological polar surface area (TPSA) is 101 Å². The first-order valence-electron chi connectivity index (χ1n) is 6.50. The molecule has 0 unspecified atom stereocenters. The van der Waals surface area contributed by atoms with Gasteiger partial charge < -0.3 is 19.0 Å². The number of carbonyl (C=O) groups is 1. The van der Waals surface area contributed by atoms with Crippen LogP contribution >= 0.6 is 0 Å². The van der Waals surface area contributed by atoms with E-state index in [1.807, 2.05) is 0 Å². The second-order valence-electron chi connectivity index (χ2n) is 4.71. The number of hydrogen-bond donors (Lipinski definition) is 1. The van der Waals surface area contributed by atoms with Gasteiger partial charge in [0.25, 0.3) is 11.5 Å². The number of oxazole rings is 1. The summed E-state index contributed by atoms with van der Waals surface area (Å²) in [5.74, 6) is 0.360. The van der Waals surface area contributed by atoms with Gasteiger partial charge in [-0.25, -0.2) is 9.97 Å². The molecule has 3 rings (SSSR count). The van der Waals surface area contributed by atoms with Crippen molar-refractivity contribution in [2.45, 2.75) is 13.0 Å². The van der Waals surface area contributed by atoms with Crippen LogP contribution in [0.4, 0.5) is 0 Å². The highest BCUT2D eigenvalue weighted by molar-refractivity contribution is 5.91. The van der Waals surface area contributed by atoms with E-state index in [2.05, 4.69) is 15.0 Å². The molecule has 3 heterocycles. The predicted molar refractivity (Wildman–Crippen MR) is 70.7 cm³/mol. The molecule has 0 radical (unpaired) electrons. The molecular formula is C13H14N4O4. The van der Waals surface area contributed by atoms with Crippen molar-refractivity contribution >= 4 is 5.91 Å². The van der Waals surface area contributed by atoms with Gasteiger partial charge in [0.2, 0.25) is 5.76 Å². The average molecular weight is 290 g/mol. The van der Waals surface area contributed by atoms with Crippen molar-refractivity contribution in [3.05, 3.63) is 46.3 Å². The molecule has 8 heteroatoms. The Morgan fingerprint density at radius 2 is 2.38 bits per heavy atom. The standard InChI is InChI=1S/C13H14N4O4/c1-8-15-9(4-12(18)16-8)10-6-20-3-2-17(10)13(19)11-5-14-7-21-11/h4-5,7,10H,2-3,6H2,1H3,(H,15,16,18)/t10-/m1/s1. The highest BCUT2D eigenvalue weighted by Gasteiger charge is 2.32. The van der Waals surface area contributed by atoms with Crippen molar-refractivity contribution in [2.24, 2.45) is 0 Å². The number of hydrogen-bond acceptors (Lipinski definition) is 6. The Bertz CT molecular complexity index is 694. The van der Waals surface area contributed by atoms with Gasteiger partial charge in [-0.15, -0.1) is 0 Å². The molecule has 21 heavy (non-hydrogen) atoms. The molecule has 0 saturated carbocycles. The zero-order chi connectivity index (χ0) is 14.8. The Labute approximate surface area is 119 Å². The third-order valence-electron chi connectivity index (χ3n) is 3.25. The number of nitrogens with zero attached hydrogens (tertiary/aromatic N) is 3. The third-order valence-corrected chi connectivity index (χ3v) is 3.25. The highest BCUT2D eigenvalue weighted by atomic mass is 16.5. The van der Waals surface area contributed by atoms with Crippen LogP contribution < -0.4 is 5.56 Å². The number of ether oxygens (including phenoxy) is 1. The van der Waals surface area contributed by atoms with E-state index in [4.69, 9.17) is 9.15 Å². The van der Waals surface area contributed by atoms with Gasteiger partial charge in [-0.05, 0) is 6.92 Å². The summed E-state index contributed by atoms with van der Waals surface area (Å²) in [6, 6.07) is 0.963. The number of H-pyrrole nitrogens is 1. The second kappa shape index (κ2) is 5.49. The lowest BCUT2D eigenvalue weighted by atomic mass is 10.1. The largest absolute Gasteiger partial charge is 0.438 e. The van der Waals surface area contributed by atoms with Crippen LogP contribution in [0.1, 0.15) is 28.1 Å². The molecule has 1 atom stereocenters. The van der Waals surface area contributed by atoms with E-state index in [0.717, 1.165) is 0 Å². The van der Waals surface area contributed by atoms with Crippen molar-refractivity contribution in [1.29, 1.82) is 0 Å². The lowest BCUT2D eigenvalue weighted by Crippen LogP contribution is -2.44. The van der Waals surface area contributed by atoms with Crippen molar-refractivity contribution in [2.75, 3.05) is 19.8 Å². The molecule has 0 bridgehead atoms. The SMILES string of the molecule is Cc1nc([C@H]2COCCN2C(=O)c2cnco2)cc(=O)[nH]1. The average Bonchev–Trinajstić information content (AvgIpc) is 2.99. The number of morpholine rings is 1. The normalized spacial score (nSPS) is 18.7. The fraction of sp³-hybridized carbons (Fsp3) is 0.385. The van der Waals surface area contributed by atoms with Crippen LogP contribution in [0.25, 0.3) is 0 Å². The predicted octanol–water partition coefficient (Wildman–Crippen LogP) is 0.280. The molecule has 110 valence electrons. The minimum atomic E-state index is -0.419. The summed E-state index contributed by atoms with van der Waals surface area (Å²) in [6.45, 7) is 2.81. The van der Waals surface area contributed by atoms with Gasteiger partial charge in [-0.1, -0.05) is 0 Å². The van der Waals surface area contributed by atoms with Gasteiger partial charge in [-0.2, -0.15) is 0 Å². The Morgan fingerprint density at radius 3 is 3.10 bits per heavy atom. The van der Waals surface area contributed by atoms with Gasteiger partial charge >= 0.3 is 0 Å². The number of nitrogens with one attached hydrogen (secondary N) is 1. The van der Waals surface area contributed by atoms with Crippen LogP contribution in [0.2, 0.25) is 0 Å². The molecule has 0 aliphatic carbocycles. The highest BCUT2D eigenvalue weighted by Crippen LogP contribution is 2.23. The van der Waals surface area contributed by atoms with E-state index in [1.54, 1.807) is 11.8 Å². The van der Waals surface area contributed by atoms with Crippen LogP contribution in [0.15, 0.2) is 27.9 Å². The zero-order valence-corrected chi connectivity index (χ0v) is 11.4. The Morgan fingerprint density at radius 1 is 1.52 bits per heavy atom. The number of aromatic nitrogens is 3. The monoisotopic (exact) mass is 290 g/mol. The minimum Gasteiger partial charge on any atom is -0.438 e. The number of carbonyl (C=O) groups excluding carboxylic acids is 1. The third kappa shape index (κ3) is 2.70. The lowest BCUT2D eigenvalue weighted by Gasteiger charge is -2.34. The fourth-order valence-electron chi connectivity index (χ4n) is 2.33. The molecule has 0 aromatic carbocycles. The minimum absolute atomic E-state index is 0.156. The van der Waals surface area contributed by atoms with Crippen molar-refractivity contribution < 1.29 is 13.9 Å². The molecule has 1 amide bonds. The van der Waals surface area contributed by atoms with Crippen LogP contribution in [0.5, 0.6) is 0 Å². The smallest absolute Gasteiger partial charge is 0.292 e. The van der Waals surface area contributed by atoms with Gasteiger partial charge in [0.15, 0.2) is 6.39 Å². The molecule has 0 spiro atoms. The van der Waals surface area contributed by atoms with Crippen molar-refractivity contribution in [3.8, 4) is 0 Å². The van der Waals surface area contributed by atoms with Crippen LogP contribution in [0.3, 0.4) is 0 Å². The van der Waals surface area contributed by atoms with Gasteiger partial charge in [0.05, 0.1) is 31.1 Å². The summed E-state index contributed by atoms with van der Waals surface area (Å²) in [5.41, 5.74) is 0.249. The summed E-state index contributed by atoms with van der Waals surface area (Å²) in [5, 5.41) is 0. The molecule has 1 saturated heterocycles. The molecule has 8 nitrogen and oxygen atoms in total.